The zero-order valence-electron chi connectivity index (χ0n) is 11.8. The smallest absolute Gasteiger partial charge is 0.305 e. The van der Waals surface area contributed by atoms with Gasteiger partial charge in [0.1, 0.15) is 0 Å². The Kier molecular flexibility index (Phi) is 4.62. The molecule has 6 heteroatoms. The first kappa shape index (κ1) is 14.8. The molecule has 1 saturated heterocycles. The standard InChI is InChI=1S/C14H22N2O4/c1-9(17)16-6-4-11(5-7-16)14(20)15-12(8-13(18)19)10-2-3-10/h10-12H,2-8H2,1H3,(H,15,20)(H,18,19). The number of aliphatic carboxylic acids is 1. The maximum absolute atomic E-state index is 12.2. The van der Waals surface area contributed by atoms with Gasteiger partial charge in [0, 0.05) is 32.0 Å². The molecule has 1 saturated carbocycles. The number of carboxylic acid groups (broad SMARTS) is 1. The van der Waals surface area contributed by atoms with Crippen molar-refractivity contribution in [3.05, 3.63) is 0 Å². The van der Waals surface area contributed by atoms with Gasteiger partial charge in [-0.25, -0.2) is 0 Å². The van der Waals surface area contributed by atoms with Crippen LogP contribution < -0.4 is 5.32 Å². The Labute approximate surface area is 118 Å². The number of carbonyl (C=O) groups is 3. The summed E-state index contributed by atoms with van der Waals surface area (Å²) in [5, 5.41) is 11.8. The van der Waals surface area contributed by atoms with Crippen LogP contribution in [-0.2, 0) is 14.4 Å². The van der Waals surface area contributed by atoms with Crippen LogP contribution in [0.15, 0.2) is 0 Å². The van der Waals surface area contributed by atoms with Gasteiger partial charge in [0.05, 0.1) is 6.42 Å². The first-order valence-electron chi connectivity index (χ1n) is 7.25. The van der Waals surface area contributed by atoms with E-state index in [9.17, 15) is 14.4 Å². The third-order valence-electron chi connectivity index (χ3n) is 4.22. The zero-order chi connectivity index (χ0) is 14.7. The molecule has 2 aliphatic rings. The fourth-order valence-corrected chi connectivity index (χ4v) is 2.78. The average molecular weight is 282 g/mol. The fraction of sp³-hybridized carbons (Fsp3) is 0.786. The van der Waals surface area contributed by atoms with E-state index >= 15 is 0 Å². The average Bonchev–Trinajstić information content (AvgIpc) is 3.21. The van der Waals surface area contributed by atoms with E-state index < -0.39 is 5.97 Å². The number of likely N-dealkylation sites (tertiary alicyclic amines) is 1. The van der Waals surface area contributed by atoms with Crippen molar-refractivity contribution in [2.24, 2.45) is 11.8 Å². The van der Waals surface area contributed by atoms with Crippen LogP contribution in [-0.4, -0.2) is 46.9 Å². The van der Waals surface area contributed by atoms with E-state index in [2.05, 4.69) is 5.32 Å². The maximum Gasteiger partial charge on any atom is 0.305 e. The molecular formula is C14H22N2O4. The Morgan fingerprint density at radius 2 is 1.80 bits per heavy atom. The summed E-state index contributed by atoms with van der Waals surface area (Å²) in [5.74, 6) is -0.640. The Morgan fingerprint density at radius 3 is 2.25 bits per heavy atom. The highest BCUT2D eigenvalue weighted by Crippen LogP contribution is 2.34. The molecule has 1 unspecified atom stereocenters. The Bertz CT molecular complexity index is 398. The number of nitrogens with one attached hydrogen (secondary N) is 1. The molecule has 1 aliphatic carbocycles. The fourth-order valence-electron chi connectivity index (χ4n) is 2.78. The molecule has 0 aromatic heterocycles. The molecule has 1 aliphatic heterocycles. The lowest BCUT2D eigenvalue weighted by molar-refractivity contribution is -0.138. The SMILES string of the molecule is CC(=O)N1CCC(C(=O)NC(CC(=O)O)C2CC2)CC1. The number of carboxylic acids is 1. The molecule has 0 aromatic rings. The first-order valence-corrected chi connectivity index (χ1v) is 7.25. The second-order valence-corrected chi connectivity index (χ2v) is 5.83. The molecule has 0 spiro atoms. The number of amides is 2. The van der Waals surface area contributed by atoms with Crippen LogP contribution in [0.25, 0.3) is 0 Å². The Hall–Kier alpha value is -1.59. The highest BCUT2D eigenvalue weighted by atomic mass is 16.4. The van der Waals surface area contributed by atoms with E-state index in [-0.39, 0.29) is 30.2 Å². The minimum absolute atomic E-state index is 0.00268. The second kappa shape index (κ2) is 6.24. The van der Waals surface area contributed by atoms with Gasteiger partial charge in [-0.3, -0.25) is 14.4 Å². The lowest BCUT2D eigenvalue weighted by Crippen LogP contribution is -2.46. The predicted octanol–water partition coefficient (Wildman–Crippen LogP) is 0.614. The number of rotatable bonds is 5. The summed E-state index contributed by atoms with van der Waals surface area (Å²) in [6.45, 7) is 2.76. The molecule has 2 fully saturated rings. The van der Waals surface area contributed by atoms with Gasteiger partial charge in [0.2, 0.25) is 11.8 Å². The van der Waals surface area contributed by atoms with Crippen molar-refractivity contribution in [3.8, 4) is 0 Å². The van der Waals surface area contributed by atoms with Crippen LogP contribution >= 0.6 is 0 Å². The summed E-state index contributed by atoms with van der Waals surface area (Å²) in [5.41, 5.74) is 0. The van der Waals surface area contributed by atoms with Gasteiger partial charge in [0.25, 0.3) is 0 Å². The number of piperidine rings is 1. The monoisotopic (exact) mass is 282 g/mol. The Balaban J connectivity index is 1.82. The van der Waals surface area contributed by atoms with E-state index in [1.807, 2.05) is 0 Å². The van der Waals surface area contributed by atoms with Crippen LogP contribution in [0.3, 0.4) is 0 Å². The van der Waals surface area contributed by atoms with Crippen molar-refractivity contribution < 1.29 is 19.5 Å². The van der Waals surface area contributed by atoms with Crippen LogP contribution in [0.4, 0.5) is 0 Å². The summed E-state index contributed by atoms with van der Waals surface area (Å²) in [4.78, 5) is 36.0. The summed E-state index contributed by atoms with van der Waals surface area (Å²) < 4.78 is 0. The molecule has 20 heavy (non-hydrogen) atoms. The van der Waals surface area contributed by atoms with Crippen LogP contribution in [0.2, 0.25) is 0 Å². The normalized spacial score (nSPS) is 21.4. The minimum Gasteiger partial charge on any atom is -0.481 e. The largest absolute Gasteiger partial charge is 0.481 e. The van der Waals surface area contributed by atoms with Crippen molar-refractivity contribution in [1.82, 2.24) is 10.2 Å². The quantitative estimate of drug-likeness (QED) is 0.773. The van der Waals surface area contributed by atoms with Crippen LogP contribution in [0, 0.1) is 11.8 Å². The second-order valence-electron chi connectivity index (χ2n) is 5.83. The third-order valence-corrected chi connectivity index (χ3v) is 4.22. The molecule has 0 radical (unpaired) electrons. The predicted molar refractivity (Wildman–Crippen MR) is 71.9 cm³/mol. The van der Waals surface area contributed by atoms with Gasteiger partial charge >= 0.3 is 5.97 Å². The summed E-state index contributed by atoms with van der Waals surface area (Å²) in [7, 11) is 0. The number of nitrogens with zero attached hydrogens (tertiary/aromatic N) is 1. The zero-order valence-corrected chi connectivity index (χ0v) is 11.8. The molecule has 2 N–H and O–H groups in total. The molecule has 2 amide bonds. The van der Waals surface area contributed by atoms with E-state index in [1.165, 1.54) is 6.92 Å². The maximum atomic E-state index is 12.2. The molecule has 112 valence electrons. The van der Waals surface area contributed by atoms with Gasteiger partial charge in [-0.15, -0.1) is 0 Å². The molecule has 0 bridgehead atoms. The lowest BCUT2D eigenvalue weighted by atomic mass is 9.95. The molecule has 6 nitrogen and oxygen atoms in total. The van der Waals surface area contributed by atoms with Gasteiger partial charge in [-0.05, 0) is 31.6 Å². The number of hydrogen-bond donors (Lipinski definition) is 2. The van der Waals surface area contributed by atoms with Gasteiger partial charge < -0.3 is 15.3 Å². The molecule has 1 atom stereocenters. The van der Waals surface area contributed by atoms with Gasteiger partial charge in [-0.1, -0.05) is 0 Å². The first-order chi connectivity index (χ1) is 9.47. The topological polar surface area (TPSA) is 86.7 Å². The molecular weight excluding hydrogens is 260 g/mol. The van der Waals surface area contributed by atoms with Crippen LogP contribution in [0.5, 0.6) is 0 Å². The van der Waals surface area contributed by atoms with Crippen molar-refractivity contribution in [2.45, 2.75) is 45.1 Å². The lowest BCUT2D eigenvalue weighted by Gasteiger charge is -2.31. The summed E-state index contributed by atoms with van der Waals surface area (Å²) in [6.07, 6.45) is 3.33. The number of carbonyl (C=O) groups excluding carboxylic acids is 2. The van der Waals surface area contributed by atoms with E-state index in [0.29, 0.717) is 31.8 Å². The number of hydrogen-bond acceptors (Lipinski definition) is 3. The van der Waals surface area contributed by atoms with Crippen molar-refractivity contribution in [2.75, 3.05) is 13.1 Å². The van der Waals surface area contributed by atoms with Gasteiger partial charge in [0.15, 0.2) is 0 Å². The highest BCUT2D eigenvalue weighted by Gasteiger charge is 2.35. The van der Waals surface area contributed by atoms with E-state index in [1.54, 1.807) is 4.90 Å². The highest BCUT2D eigenvalue weighted by molar-refractivity contribution is 5.80. The van der Waals surface area contributed by atoms with Crippen LogP contribution in [0.1, 0.15) is 39.0 Å². The molecule has 0 aromatic carbocycles. The van der Waals surface area contributed by atoms with Crippen molar-refractivity contribution >= 4 is 17.8 Å². The minimum atomic E-state index is -0.867. The molecule has 2 rings (SSSR count). The van der Waals surface area contributed by atoms with Crippen molar-refractivity contribution in [1.29, 1.82) is 0 Å². The van der Waals surface area contributed by atoms with E-state index in [4.69, 9.17) is 5.11 Å². The molecule has 1 heterocycles. The summed E-state index contributed by atoms with van der Waals surface area (Å²) in [6, 6.07) is -0.231. The summed E-state index contributed by atoms with van der Waals surface area (Å²) >= 11 is 0. The van der Waals surface area contributed by atoms with Crippen molar-refractivity contribution in [3.63, 3.8) is 0 Å². The van der Waals surface area contributed by atoms with E-state index in [0.717, 1.165) is 12.8 Å². The van der Waals surface area contributed by atoms with Gasteiger partial charge in [-0.2, -0.15) is 0 Å². The third kappa shape index (κ3) is 3.95. The Morgan fingerprint density at radius 1 is 1.20 bits per heavy atom.